The molecule has 0 amide bonds. The van der Waals surface area contributed by atoms with Gasteiger partial charge in [0.1, 0.15) is 0 Å². The summed E-state index contributed by atoms with van der Waals surface area (Å²) in [5.41, 5.74) is 17.1. The minimum atomic E-state index is 1.25. The number of hydrogen-bond donors (Lipinski definition) is 0. The first-order valence-electron chi connectivity index (χ1n) is 20.8. The molecule has 0 saturated carbocycles. The van der Waals surface area contributed by atoms with Gasteiger partial charge in [0.25, 0.3) is 0 Å². The molecule has 2 aliphatic carbocycles. The van der Waals surface area contributed by atoms with Crippen LogP contribution in [0, 0.1) is 6.92 Å². The van der Waals surface area contributed by atoms with E-state index in [0.717, 1.165) is 0 Å². The summed E-state index contributed by atoms with van der Waals surface area (Å²) < 4.78 is 0. The molecule has 0 nitrogen and oxygen atoms in total. The van der Waals surface area contributed by atoms with Crippen LogP contribution in [0.4, 0.5) is 0 Å². The Balaban J connectivity index is 1.17. The lowest BCUT2D eigenvalue weighted by Crippen LogP contribution is -1.95. The van der Waals surface area contributed by atoms with Gasteiger partial charge in [0.05, 0.1) is 0 Å². The molecular weight excluding hydrogens is 709 g/mol. The molecule has 0 spiro atoms. The SMILES string of the molecule is Cc1cc2c3c(cc4ccccc4c3c1)-c1c-2c(-c2ccccc2)c2ccc3c4cc5c(cc4ccc3c2c1-c1ccccc1)-c1cccc2c1c-5cc1ccccc12. The van der Waals surface area contributed by atoms with Crippen molar-refractivity contribution in [2.24, 2.45) is 0 Å². The van der Waals surface area contributed by atoms with Crippen molar-refractivity contribution in [1.29, 1.82) is 0 Å². The van der Waals surface area contributed by atoms with Crippen molar-refractivity contribution in [3.05, 3.63) is 194 Å². The van der Waals surface area contributed by atoms with Gasteiger partial charge in [0.2, 0.25) is 0 Å². The van der Waals surface area contributed by atoms with Crippen molar-refractivity contribution in [3.8, 4) is 66.8 Å². The normalized spacial score (nSPS) is 12.5. The molecule has 14 rings (SSSR count). The van der Waals surface area contributed by atoms with E-state index in [4.69, 9.17) is 0 Å². The molecule has 0 atom stereocenters. The summed E-state index contributed by atoms with van der Waals surface area (Å²) >= 11 is 0. The predicted octanol–water partition coefficient (Wildman–Crippen LogP) is 16.7. The van der Waals surface area contributed by atoms with Crippen molar-refractivity contribution in [2.75, 3.05) is 0 Å². The van der Waals surface area contributed by atoms with E-state index in [1.54, 1.807) is 0 Å². The van der Waals surface area contributed by atoms with Crippen LogP contribution in [0.3, 0.4) is 0 Å². The van der Waals surface area contributed by atoms with Crippen LogP contribution >= 0.6 is 0 Å². The van der Waals surface area contributed by atoms with Gasteiger partial charge in [0.15, 0.2) is 0 Å². The zero-order valence-electron chi connectivity index (χ0n) is 32.4. The maximum Gasteiger partial charge on any atom is -0.000697 e. The average molecular weight is 743 g/mol. The van der Waals surface area contributed by atoms with Crippen LogP contribution in [0.25, 0.3) is 142 Å². The second kappa shape index (κ2) is 11.3. The van der Waals surface area contributed by atoms with Gasteiger partial charge in [-0.05, 0) is 179 Å². The molecule has 0 heterocycles. The van der Waals surface area contributed by atoms with E-state index in [9.17, 15) is 0 Å². The Bertz CT molecular complexity index is 3870. The first-order valence-corrected chi connectivity index (χ1v) is 20.8. The third-order valence-corrected chi connectivity index (χ3v) is 13.7. The van der Waals surface area contributed by atoms with E-state index in [-0.39, 0.29) is 0 Å². The van der Waals surface area contributed by atoms with Crippen LogP contribution in [0.5, 0.6) is 0 Å². The van der Waals surface area contributed by atoms with Gasteiger partial charge >= 0.3 is 0 Å². The summed E-state index contributed by atoms with van der Waals surface area (Å²) in [6.07, 6.45) is 0. The molecule has 0 aromatic heterocycles. The maximum absolute atomic E-state index is 2.50. The zero-order chi connectivity index (χ0) is 38.5. The van der Waals surface area contributed by atoms with E-state index >= 15 is 0 Å². The fourth-order valence-electron chi connectivity index (χ4n) is 11.3. The first-order chi connectivity index (χ1) is 29.2. The topological polar surface area (TPSA) is 0 Å². The number of rotatable bonds is 2. The summed E-state index contributed by atoms with van der Waals surface area (Å²) in [6.45, 7) is 2.26. The molecule has 0 N–H and O–H groups in total. The van der Waals surface area contributed by atoms with Gasteiger partial charge in [0, 0.05) is 0 Å². The van der Waals surface area contributed by atoms with Gasteiger partial charge in [-0.25, -0.2) is 0 Å². The highest BCUT2D eigenvalue weighted by Gasteiger charge is 2.33. The molecular formula is C59H34. The fraction of sp³-hybridized carbons (Fsp3) is 0.0169. The Labute approximate surface area is 341 Å². The third kappa shape index (κ3) is 4.08. The second-order valence-electron chi connectivity index (χ2n) is 16.8. The molecule has 0 saturated heterocycles. The Morgan fingerprint density at radius 3 is 1.54 bits per heavy atom. The number of fused-ring (bicyclic) bond motifs is 15. The van der Waals surface area contributed by atoms with E-state index in [1.165, 1.54) is 148 Å². The summed E-state index contributed by atoms with van der Waals surface area (Å²) in [4.78, 5) is 0. The van der Waals surface area contributed by atoms with Crippen molar-refractivity contribution in [2.45, 2.75) is 6.92 Å². The van der Waals surface area contributed by atoms with Crippen LogP contribution in [0.1, 0.15) is 5.56 Å². The van der Waals surface area contributed by atoms with Crippen LogP contribution in [0.2, 0.25) is 0 Å². The lowest BCUT2D eigenvalue weighted by atomic mass is 9.80. The van der Waals surface area contributed by atoms with Gasteiger partial charge in [-0.15, -0.1) is 0 Å². The highest BCUT2D eigenvalue weighted by atomic mass is 14.3. The monoisotopic (exact) mass is 742 g/mol. The Hall–Kier alpha value is -7.54. The molecule has 0 fully saturated rings. The summed E-state index contributed by atoms with van der Waals surface area (Å²) in [5.74, 6) is 0. The number of hydrogen-bond acceptors (Lipinski definition) is 0. The highest BCUT2D eigenvalue weighted by molar-refractivity contribution is 6.35. The summed E-state index contributed by atoms with van der Waals surface area (Å²) in [7, 11) is 0. The lowest BCUT2D eigenvalue weighted by molar-refractivity contribution is 1.51. The molecule has 0 aliphatic heterocycles. The van der Waals surface area contributed by atoms with Crippen molar-refractivity contribution >= 4 is 75.4 Å². The summed E-state index contributed by atoms with van der Waals surface area (Å²) in [5, 5.41) is 18.4. The quantitative estimate of drug-likeness (QED) is 0.155. The standard InChI is InChI=1S/C59H34/c1-33-27-49-40-20-11-9-18-37(40)31-52-56(49)51(28-33)58-53(34-13-4-2-5-14-34)45-26-25-41-44(57(45)54(59(52)58)35-15-6-3-7-16-35)24-23-38-29-47-43-22-12-21-42-39-19-10-8-17-36(39)30-50(55(42)43)48(47)32-46(38)41/h2-32H,1H3. The minimum absolute atomic E-state index is 1.25. The Morgan fingerprint density at radius 1 is 0.237 bits per heavy atom. The molecule has 0 heteroatoms. The van der Waals surface area contributed by atoms with Gasteiger partial charge in [-0.1, -0.05) is 164 Å². The Morgan fingerprint density at radius 2 is 0.763 bits per heavy atom. The summed E-state index contributed by atoms with van der Waals surface area (Å²) in [6, 6.07) is 71.3. The molecule has 59 heavy (non-hydrogen) atoms. The molecule has 0 unspecified atom stereocenters. The van der Waals surface area contributed by atoms with Gasteiger partial charge in [-0.3, -0.25) is 0 Å². The molecule has 12 aromatic carbocycles. The van der Waals surface area contributed by atoms with Crippen molar-refractivity contribution in [1.82, 2.24) is 0 Å². The third-order valence-electron chi connectivity index (χ3n) is 13.7. The smallest absolute Gasteiger partial charge is 0.000697 e. The molecule has 12 aromatic rings. The maximum atomic E-state index is 2.50. The van der Waals surface area contributed by atoms with Crippen molar-refractivity contribution in [3.63, 3.8) is 0 Å². The molecule has 0 bridgehead atoms. The number of aryl methyl sites for hydroxylation is 1. The molecule has 0 radical (unpaired) electrons. The molecule has 2 aliphatic rings. The largest absolute Gasteiger partial charge is 0.0622 e. The predicted molar refractivity (Wildman–Crippen MR) is 253 cm³/mol. The van der Waals surface area contributed by atoms with Crippen LogP contribution < -0.4 is 0 Å². The lowest BCUT2D eigenvalue weighted by Gasteiger charge is -2.22. The average Bonchev–Trinajstić information content (AvgIpc) is 3.77. The van der Waals surface area contributed by atoms with Crippen molar-refractivity contribution < 1.29 is 0 Å². The van der Waals surface area contributed by atoms with Crippen LogP contribution in [-0.2, 0) is 0 Å². The Kier molecular flexibility index (Phi) is 6.05. The van der Waals surface area contributed by atoms with E-state index < -0.39 is 0 Å². The van der Waals surface area contributed by atoms with E-state index in [1.807, 2.05) is 0 Å². The molecule has 270 valence electrons. The zero-order valence-corrected chi connectivity index (χ0v) is 32.4. The van der Waals surface area contributed by atoms with E-state index in [0.29, 0.717) is 0 Å². The minimum Gasteiger partial charge on any atom is -0.0622 e. The van der Waals surface area contributed by atoms with Crippen LogP contribution in [-0.4, -0.2) is 0 Å². The van der Waals surface area contributed by atoms with Crippen LogP contribution in [0.15, 0.2) is 188 Å². The fourth-order valence-corrected chi connectivity index (χ4v) is 11.3. The second-order valence-corrected chi connectivity index (χ2v) is 16.8. The first kappa shape index (κ1) is 31.5. The van der Waals surface area contributed by atoms with Gasteiger partial charge in [-0.2, -0.15) is 0 Å². The highest BCUT2D eigenvalue weighted by Crippen LogP contribution is 2.60. The van der Waals surface area contributed by atoms with E-state index in [2.05, 4.69) is 195 Å². The van der Waals surface area contributed by atoms with Gasteiger partial charge < -0.3 is 0 Å². The number of benzene rings is 12.